The van der Waals surface area contributed by atoms with Crippen LogP contribution < -0.4 is 14.2 Å². The predicted molar refractivity (Wildman–Crippen MR) is 138 cm³/mol. The first-order chi connectivity index (χ1) is 18.2. The lowest BCUT2D eigenvalue weighted by Crippen LogP contribution is -2.51. The van der Waals surface area contributed by atoms with E-state index in [1.807, 2.05) is 9.80 Å². The Balaban J connectivity index is 0.000000550. The number of benzene rings is 1. The van der Waals surface area contributed by atoms with Crippen molar-refractivity contribution in [3.05, 3.63) is 35.9 Å². The molecule has 0 saturated carbocycles. The lowest BCUT2D eigenvalue weighted by Gasteiger charge is -2.34. The molecule has 2 saturated heterocycles. The summed E-state index contributed by atoms with van der Waals surface area (Å²) in [5.74, 6) is -0.757. The number of ether oxygens (including phenoxy) is 3. The lowest BCUT2D eigenvalue weighted by molar-refractivity contribution is -0.134. The van der Waals surface area contributed by atoms with Crippen LogP contribution in [0.1, 0.15) is 18.4 Å². The number of piperazine rings is 1. The van der Waals surface area contributed by atoms with Gasteiger partial charge in [0.15, 0.2) is 11.5 Å². The number of carbonyl (C=O) groups is 4. The third-order valence-corrected chi connectivity index (χ3v) is 5.98. The average Bonchev–Trinajstić information content (AvgIpc) is 3.46. The normalized spacial score (nSPS) is 15.8. The summed E-state index contributed by atoms with van der Waals surface area (Å²) in [5.41, 5.74) is 0.785. The van der Waals surface area contributed by atoms with Gasteiger partial charge in [0.2, 0.25) is 17.6 Å². The first-order valence-corrected chi connectivity index (χ1v) is 12.1. The van der Waals surface area contributed by atoms with Gasteiger partial charge >= 0.3 is 11.9 Å². The molecule has 0 radical (unpaired) electrons. The van der Waals surface area contributed by atoms with E-state index in [0.29, 0.717) is 62.1 Å². The third-order valence-electron chi connectivity index (χ3n) is 5.98. The summed E-state index contributed by atoms with van der Waals surface area (Å²) in [4.78, 5) is 49.9. The molecule has 2 aliphatic heterocycles. The van der Waals surface area contributed by atoms with Crippen molar-refractivity contribution in [1.82, 2.24) is 14.7 Å². The van der Waals surface area contributed by atoms with Crippen molar-refractivity contribution >= 4 is 29.8 Å². The van der Waals surface area contributed by atoms with Gasteiger partial charge in [-0.3, -0.25) is 14.5 Å². The molecule has 12 nitrogen and oxygen atoms in total. The maximum atomic E-state index is 12.6. The van der Waals surface area contributed by atoms with Gasteiger partial charge in [0.1, 0.15) is 0 Å². The van der Waals surface area contributed by atoms with Crippen LogP contribution in [-0.4, -0.2) is 116 Å². The number of hydrogen-bond donors (Lipinski definition) is 2. The maximum Gasteiger partial charge on any atom is 0.328 e. The fraction of sp³-hybridized carbons (Fsp3) is 0.462. The summed E-state index contributed by atoms with van der Waals surface area (Å²) in [6, 6.07) is 3.60. The number of carboxylic acid groups (broad SMARTS) is 2. The van der Waals surface area contributed by atoms with E-state index in [0.717, 1.165) is 31.5 Å². The second kappa shape index (κ2) is 15.3. The molecule has 1 aromatic rings. The van der Waals surface area contributed by atoms with Gasteiger partial charge in [0, 0.05) is 57.5 Å². The Hall–Kier alpha value is -4.06. The molecule has 0 aliphatic carbocycles. The molecule has 2 aliphatic rings. The molecule has 0 unspecified atom stereocenters. The van der Waals surface area contributed by atoms with Crippen LogP contribution in [-0.2, 0) is 19.2 Å². The minimum atomic E-state index is -1.26. The first-order valence-electron chi connectivity index (χ1n) is 12.1. The van der Waals surface area contributed by atoms with Gasteiger partial charge in [-0.15, -0.1) is 0 Å². The molecule has 2 amide bonds. The zero-order valence-electron chi connectivity index (χ0n) is 21.9. The van der Waals surface area contributed by atoms with E-state index in [9.17, 15) is 19.2 Å². The summed E-state index contributed by atoms with van der Waals surface area (Å²) in [6.45, 7) is 4.86. The van der Waals surface area contributed by atoms with Gasteiger partial charge in [-0.1, -0.05) is 0 Å². The monoisotopic (exact) mass is 533 g/mol. The van der Waals surface area contributed by atoms with Crippen LogP contribution in [0.15, 0.2) is 30.4 Å². The standard InChI is InChI=1S/C22H31N3O5.C4H4O4/c1-28-18-14-17(15-19(29-2)22(18)30-3)6-7-20(26)25-12-10-23(11-13-25)16-21(27)24-8-4-5-9-24;5-3(6)1-2-4(7)8/h6-7,14-15H,4-5,8-13,16H2,1-3H3;1-2H,(H,5,6)(H,7,8)/b7-6+;2-1+. The quantitative estimate of drug-likeness (QED) is 0.444. The number of nitrogens with zero attached hydrogens (tertiary/aromatic N) is 3. The van der Waals surface area contributed by atoms with Crippen molar-refractivity contribution in [1.29, 1.82) is 0 Å². The van der Waals surface area contributed by atoms with E-state index in [-0.39, 0.29) is 11.8 Å². The van der Waals surface area contributed by atoms with Crippen LogP contribution in [0.5, 0.6) is 17.2 Å². The number of amides is 2. The van der Waals surface area contributed by atoms with Crippen LogP contribution in [0.4, 0.5) is 0 Å². The Morgan fingerprint density at radius 2 is 1.29 bits per heavy atom. The van der Waals surface area contributed by atoms with Gasteiger partial charge in [-0.2, -0.15) is 0 Å². The van der Waals surface area contributed by atoms with E-state index in [2.05, 4.69) is 4.90 Å². The molecule has 3 rings (SSSR count). The van der Waals surface area contributed by atoms with Crippen LogP contribution >= 0.6 is 0 Å². The molecule has 2 heterocycles. The van der Waals surface area contributed by atoms with Crippen LogP contribution in [0.2, 0.25) is 0 Å². The van der Waals surface area contributed by atoms with E-state index in [1.165, 1.54) is 0 Å². The van der Waals surface area contributed by atoms with Gasteiger partial charge in [0.05, 0.1) is 27.9 Å². The van der Waals surface area contributed by atoms with Crippen molar-refractivity contribution in [3.8, 4) is 17.2 Å². The Morgan fingerprint density at radius 3 is 1.74 bits per heavy atom. The molecular formula is C26H35N3O9. The molecule has 208 valence electrons. The van der Waals surface area contributed by atoms with Crippen molar-refractivity contribution in [2.75, 3.05) is 67.1 Å². The first kappa shape index (κ1) is 30.2. The Bertz CT molecular complexity index is 999. The summed E-state index contributed by atoms with van der Waals surface area (Å²) in [7, 11) is 4.67. The SMILES string of the molecule is COc1cc(/C=C/C(=O)N2CCN(CC(=O)N3CCCC3)CC2)cc(OC)c1OC.O=C(O)/C=C/C(=O)O. The average molecular weight is 534 g/mol. The number of methoxy groups -OCH3 is 3. The molecule has 1 aromatic carbocycles. The lowest BCUT2D eigenvalue weighted by atomic mass is 10.1. The summed E-state index contributed by atoms with van der Waals surface area (Å²) < 4.78 is 16.0. The fourth-order valence-corrected chi connectivity index (χ4v) is 4.00. The van der Waals surface area contributed by atoms with Gasteiger partial charge < -0.3 is 34.2 Å². The predicted octanol–water partition coefficient (Wildman–Crippen LogP) is 1.20. The topological polar surface area (TPSA) is 146 Å². The van der Waals surface area contributed by atoms with Crippen LogP contribution in [0.25, 0.3) is 6.08 Å². The zero-order valence-corrected chi connectivity index (χ0v) is 21.9. The third kappa shape index (κ3) is 9.43. The highest BCUT2D eigenvalue weighted by molar-refractivity contribution is 5.92. The molecule has 0 spiro atoms. The van der Waals surface area contributed by atoms with Gasteiger partial charge in [-0.25, -0.2) is 9.59 Å². The Kier molecular flexibility index (Phi) is 12.1. The van der Waals surface area contributed by atoms with Gasteiger partial charge in [0.25, 0.3) is 0 Å². The van der Waals surface area contributed by atoms with Crippen LogP contribution in [0.3, 0.4) is 0 Å². The second-order valence-electron chi connectivity index (χ2n) is 8.49. The van der Waals surface area contributed by atoms with E-state index in [1.54, 1.807) is 45.6 Å². The molecule has 0 atom stereocenters. The molecule has 2 N–H and O–H groups in total. The molecule has 38 heavy (non-hydrogen) atoms. The molecule has 12 heteroatoms. The Labute approximate surface area is 221 Å². The van der Waals surface area contributed by atoms with Crippen molar-refractivity contribution in [2.45, 2.75) is 12.8 Å². The highest BCUT2D eigenvalue weighted by Gasteiger charge is 2.24. The minimum Gasteiger partial charge on any atom is -0.493 e. The van der Waals surface area contributed by atoms with Crippen molar-refractivity contribution < 1.29 is 43.6 Å². The highest BCUT2D eigenvalue weighted by Crippen LogP contribution is 2.38. The number of carbonyl (C=O) groups excluding carboxylic acids is 2. The van der Waals surface area contributed by atoms with E-state index < -0.39 is 11.9 Å². The number of hydrogen-bond acceptors (Lipinski definition) is 8. The number of rotatable bonds is 9. The largest absolute Gasteiger partial charge is 0.493 e. The summed E-state index contributed by atoms with van der Waals surface area (Å²) in [6.07, 6.45) is 6.63. The van der Waals surface area contributed by atoms with Gasteiger partial charge in [-0.05, 0) is 36.6 Å². The molecular weight excluding hydrogens is 498 g/mol. The van der Waals surface area contributed by atoms with Crippen molar-refractivity contribution in [2.24, 2.45) is 0 Å². The second-order valence-corrected chi connectivity index (χ2v) is 8.49. The minimum absolute atomic E-state index is 0.0470. The number of aliphatic carboxylic acids is 2. The summed E-state index contributed by atoms with van der Waals surface area (Å²) in [5, 5.41) is 15.6. The smallest absolute Gasteiger partial charge is 0.328 e. The van der Waals surface area contributed by atoms with Crippen LogP contribution in [0, 0.1) is 0 Å². The molecule has 2 fully saturated rings. The van der Waals surface area contributed by atoms with E-state index in [4.69, 9.17) is 24.4 Å². The zero-order chi connectivity index (χ0) is 28.1. The molecule has 0 bridgehead atoms. The fourth-order valence-electron chi connectivity index (χ4n) is 4.00. The molecule has 0 aromatic heterocycles. The van der Waals surface area contributed by atoms with Crippen molar-refractivity contribution in [3.63, 3.8) is 0 Å². The number of carboxylic acids is 2. The Morgan fingerprint density at radius 1 is 0.763 bits per heavy atom. The number of likely N-dealkylation sites (tertiary alicyclic amines) is 1. The van der Waals surface area contributed by atoms with E-state index >= 15 is 0 Å². The summed E-state index contributed by atoms with van der Waals surface area (Å²) >= 11 is 0. The maximum absolute atomic E-state index is 12.6. The highest BCUT2D eigenvalue weighted by atomic mass is 16.5.